The van der Waals surface area contributed by atoms with Gasteiger partial charge in [0.1, 0.15) is 11.1 Å². The van der Waals surface area contributed by atoms with Gasteiger partial charge in [0.05, 0.1) is 12.1 Å². The summed E-state index contributed by atoms with van der Waals surface area (Å²) in [6, 6.07) is 45.1. The van der Waals surface area contributed by atoms with E-state index < -0.39 is 32.7 Å². The Labute approximate surface area is 304 Å². The van der Waals surface area contributed by atoms with Gasteiger partial charge in [0, 0.05) is 11.4 Å². The zero-order chi connectivity index (χ0) is 36.6. The topological polar surface area (TPSA) is 88.2 Å². The van der Waals surface area contributed by atoms with Crippen molar-refractivity contribution in [1.29, 1.82) is 10.5 Å². The fourth-order valence-corrected chi connectivity index (χ4v) is 10.6. The molecule has 0 bridgehead atoms. The zero-order valence-corrected chi connectivity index (χ0v) is 30.2. The molecule has 2 saturated heterocycles. The SMILES string of the molecule is CC(C)(C)[C@]1(C#N)C(=O)N(c2ccc(N3C(=O)[C@](C#N)(C(C)(C)C)C34c3ccccc3-c3ccccc34)cc2)C12c1ccccc1-c1ccccc12. The lowest BCUT2D eigenvalue weighted by atomic mass is 9.47. The van der Waals surface area contributed by atoms with Gasteiger partial charge in [0.2, 0.25) is 0 Å². The summed E-state index contributed by atoms with van der Waals surface area (Å²) in [6.45, 7) is 11.8. The number of rotatable bonds is 2. The van der Waals surface area contributed by atoms with Gasteiger partial charge >= 0.3 is 0 Å². The highest BCUT2D eigenvalue weighted by atomic mass is 16.2. The van der Waals surface area contributed by atoms with E-state index in [-0.39, 0.29) is 11.8 Å². The van der Waals surface area contributed by atoms with Crippen molar-refractivity contribution in [3.05, 3.63) is 144 Å². The Morgan fingerprint density at radius 2 is 0.692 bits per heavy atom. The number of hydrogen-bond donors (Lipinski definition) is 0. The first kappa shape index (κ1) is 32.0. The number of carbonyl (C=O) groups is 2. The second kappa shape index (κ2) is 9.87. The van der Waals surface area contributed by atoms with Crippen LogP contribution in [0.5, 0.6) is 0 Å². The van der Waals surface area contributed by atoms with Crippen molar-refractivity contribution in [3.63, 3.8) is 0 Å². The van der Waals surface area contributed by atoms with Crippen molar-refractivity contribution in [1.82, 2.24) is 0 Å². The van der Waals surface area contributed by atoms with E-state index in [9.17, 15) is 20.1 Å². The molecule has 2 spiro atoms. The van der Waals surface area contributed by atoms with Crippen LogP contribution in [-0.4, -0.2) is 11.8 Å². The highest BCUT2D eigenvalue weighted by Crippen LogP contribution is 2.73. The minimum absolute atomic E-state index is 0.256. The predicted octanol–water partition coefficient (Wildman–Crippen LogP) is 9.34. The molecule has 2 heterocycles. The van der Waals surface area contributed by atoms with Crippen molar-refractivity contribution in [2.45, 2.75) is 52.6 Å². The van der Waals surface area contributed by atoms with Crippen LogP contribution in [0, 0.1) is 44.3 Å². The maximum atomic E-state index is 14.8. The lowest BCUT2D eigenvalue weighted by Gasteiger charge is -2.66. The second-order valence-electron chi connectivity index (χ2n) is 16.6. The van der Waals surface area contributed by atoms with Crippen LogP contribution in [0.15, 0.2) is 121 Å². The molecule has 5 aromatic rings. The quantitative estimate of drug-likeness (QED) is 0.174. The standard InChI is InChI=1S/C46H38N4O2/c1-41(2,3)43(27-47)39(51)49(45(43)35-19-11-7-15-31(35)32-16-8-12-20-36(32)45)29-23-25-30(26-24-29)50-40(52)44(28-48,42(4,5)6)46(50)37-21-13-9-17-33(37)34-18-10-14-22-38(34)46/h7-26H,1-6H3/t43-,44+. The van der Waals surface area contributed by atoms with Gasteiger partial charge in [-0.1, -0.05) is 139 Å². The number of nitrogens with zero attached hydrogens (tertiary/aromatic N) is 4. The molecule has 4 aliphatic rings. The molecule has 0 N–H and O–H groups in total. The molecular formula is C46H38N4O2. The first-order valence-corrected chi connectivity index (χ1v) is 17.8. The van der Waals surface area contributed by atoms with Gasteiger partial charge in [-0.05, 0) is 79.6 Å². The predicted molar refractivity (Wildman–Crippen MR) is 202 cm³/mol. The van der Waals surface area contributed by atoms with E-state index in [0.717, 1.165) is 44.5 Å². The first-order valence-electron chi connectivity index (χ1n) is 17.8. The van der Waals surface area contributed by atoms with Crippen LogP contribution in [0.4, 0.5) is 11.4 Å². The van der Waals surface area contributed by atoms with Crippen LogP contribution < -0.4 is 9.80 Å². The van der Waals surface area contributed by atoms with Gasteiger partial charge in [-0.25, -0.2) is 0 Å². The number of benzene rings is 5. The number of hydrogen-bond acceptors (Lipinski definition) is 4. The molecule has 9 rings (SSSR count). The fourth-order valence-electron chi connectivity index (χ4n) is 10.6. The molecule has 0 radical (unpaired) electrons. The smallest absolute Gasteiger partial charge is 0.252 e. The van der Waals surface area contributed by atoms with Crippen molar-refractivity contribution < 1.29 is 9.59 Å². The zero-order valence-electron chi connectivity index (χ0n) is 30.2. The van der Waals surface area contributed by atoms with Crippen molar-refractivity contribution in [3.8, 4) is 34.4 Å². The Kier molecular flexibility index (Phi) is 6.07. The molecule has 2 fully saturated rings. The van der Waals surface area contributed by atoms with E-state index in [1.807, 2.05) is 139 Å². The molecule has 6 heteroatoms. The third kappa shape index (κ3) is 3.10. The number of nitriles is 2. The normalized spacial score (nSPS) is 22.8. The van der Waals surface area contributed by atoms with Gasteiger partial charge in [-0.15, -0.1) is 0 Å². The lowest BCUT2D eigenvalue weighted by molar-refractivity contribution is -0.150. The van der Waals surface area contributed by atoms with Gasteiger partial charge in [0.15, 0.2) is 10.8 Å². The summed E-state index contributed by atoms with van der Waals surface area (Å²) in [4.78, 5) is 33.2. The van der Waals surface area contributed by atoms with Gasteiger partial charge < -0.3 is 0 Å². The second-order valence-corrected chi connectivity index (χ2v) is 16.6. The third-order valence-corrected chi connectivity index (χ3v) is 12.6. The molecule has 254 valence electrons. The number of β-lactam (4-membered cyclic amide) rings is 2. The summed E-state index contributed by atoms with van der Waals surface area (Å²) < 4.78 is 0. The minimum Gasteiger partial charge on any atom is -0.294 e. The van der Waals surface area contributed by atoms with Crippen LogP contribution >= 0.6 is 0 Å². The first-order chi connectivity index (χ1) is 24.8. The Morgan fingerprint density at radius 1 is 0.442 bits per heavy atom. The molecule has 2 atom stereocenters. The van der Waals surface area contributed by atoms with E-state index in [0.29, 0.717) is 11.4 Å². The van der Waals surface area contributed by atoms with Gasteiger partial charge in [-0.3, -0.25) is 19.4 Å². The van der Waals surface area contributed by atoms with Crippen LogP contribution in [0.25, 0.3) is 22.3 Å². The summed E-state index contributed by atoms with van der Waals surface area (Å²) in [5.41, 5.74) is 2.65. The minimum atomic E-state index is -1.39. The highest BCUT2D eigenvalue weighted by molar-refractivity contribution is 6.16. The molecule has 0 aromatic heterocycles. The Morgan fingerprint density at radius 3 is 0.923 bits per heavy atom. The van der Waals surface area contributed by atoms with Crippen LogP contribution in [0.1, 0.15) is 63.8 Å². The van der Waals surface area contributed by atoms with Crippen LogP contribution in [0.3, 0.4) is 0 Å². The van der Waals surface area contributed by atoms with Crippen LogP contribution in [-0.2, 0) is 20.7 Å². The lowest BCUT2D eigenvalue weighted by Crippen LogP contribution is -2.79. The Hall–Kier alpha value is -5.98. The van der Waals surface area contributed by atoms with E-state index in [1.54, 1.807) is 9.80 Å². The van der Waals surface area contributed by atoms with E-state index in [1.165, 1.54) is 0 Å². The molecule has 0 unspecified atom stereocenters. The van der Waals surface area contributed by atoms with Crippen LogP contribution in [0.2, 0.25) is 0 Å². The van der Waals surface area contributed by atoms with E-state index in [2.05, 4.69) is 36.4 Å². The molecule has 6 nitrogen and oxygen atoms in total. The van der Waals surface area contributed by atoms with E-state index in [4.69, 9.17) is 0 Å². The molecule has 2 aliphatic heterocycles. The number of anilines is 2. The monoisotopic (exact) mass is 678 g/mol. The Balaban J connectivity index is 1.25. The summed E-state index contributed by atoms with van der Waals surface area (Å²) in [7, 11) is 0. The Bertz CT molecular complexity index is 2220. The average Bonchev–Trinajstić information content (AvgIpc) is 3.60. The van der Waals surface area contributed by atoms with Gasteiger partial charge in [-0.2, -0.15) is 10.5 Å². The third-order valence-electron chi connectivity index (χ3n) is 12.6. The summed E-state index contributed by atoms with van der Waals surface area (Å²) in [6.07, 6.45) is 0. The van der Waals surface area contributed by atoms with E-state index >= 15 is 0 Å². The molecule has 5 aromatic carbocycles. The van der Waals surface area contributed by atoms with Crippen molar-refractivity contribution in [2.75, 3.05) is 9.80 Å². The largest absolute Gasteiger partial charge is 0.294 e. The maximum absolute atomic E-state index is 14.8. The summed E-state index contributed by atoms with van der Waals surface area (Å²) in [5, 5.41) is 22.2. The van der Waals surface area contributed by atoms with Crippen molar-refractivity contribution >= 4 is 23.2 Å². The number of carbonyl (C=O) groups excluding carboxylic acids is 2. The fraction of sp³-hybridized carbons (Fsp3) is 0.261. The van der Waals surface area contributed by atoms with Gasteiger partial charge in [0.25, 0.3) is 11.8 Å². The summed E-state index contributed by atoms with van der Waals surface area (Å²) in [5.74, 6) is -0.513. The number of amides is 2. The summed E-state index contributed by atoms with van der Waals surface area (Å²) >= 11 is 0. The molecule has 2 aliphatic carbocycles. The number of fused-ring (bicyclic) bond motifs is 10. The highest BCUT2D eigenvalue weighted by Gasteiger charge is 2.81. The average molecular weight is 679 g/mol. The molecular weight excluding hydrogens is 641 g/mol. The molecule has 2 amide bonds. The molecule has 0 saturated carbocycles. The van der Waals surface area contributed by atoms with Crippen molar-refractivity contribution in [2.24, 2.45) is 21.7 Å². The molecule has 52 heavy (non-hydrogen) atoms. The maximum Gasteiger partial charge on any atom is 0.252 e.